The Labute approximate surface area is 267 Å². The van der Waals surface area contributed by atoms with Crippen LogP contribution in [0.15, 0.2) is 70.9 Å². The Morgan fingerprint density at radius 1 is 1.13 bits per heavy atom. The van der Waals surface area contributed by atoms with Gasteiger partial charge < -0.3 is 19.3 Å². The molecule has 0 aliphatic carbocycles. The van der Waals surface area contributed by atoms with Gasteiger partial charge in [0.25, 0.3) is 5.91 Å². The molecule has 0 saturated carbocycles. The summed E-state index contributed by atoms with van der Waals surface area (Å²) in [6, 6.07) is 13.3. The molecule has 4 heterocycles. The van der Waals surface area contributed by atoms with E-state index in [1.165, 1.54) is 18.3 Å². The number of carbonyl (C=O) groups excluding carboxylic acids is 1. The van der Waals surface area contributed by atoms with Gasteiger partial charge in [-0.3, -0.25) is 29.9 Å². The Bertz CT molecular complexity index is 1600. The largest absolute Gasteiger partial charge is 0.487 e. The highest BCUT2D eigenvalue weighted by atomic mass is 19.1. The number of nitrogens with zero attached hydrogens (tertiary/aromatic N) is 5. The first-order chi connectivity index (χ1) is 22.1. The summed E-state index contributed by atoms with van der Waals surface area (Å²) in [5.41, 5.74) is 1.34. The molecule has 3 aliphatic rings. The Kier molecular flexibility index (Phi) is 9.29. The van der Waals surface area contributed by atoms with E-state index in [1.54, 1.807) is 43.5 Å². The van der Waals surface area contributed by atoms with Crippen molar-refractivity contribution < 1.29 is 28.5 Å². The number of hydrogen-bond acceptors (Lipinski definition) is 10. The summed E-state index contributed by atoms with van der Waals surface area (Å²) in [7, 11) is 0. The van der Waals surface area contributed by atoms with Gasteiger partial charge in [0.1, 0.15) is 29.5 Å². The topological polar surface area (TPSA) is 121 Å². The summed E-state index contributed by atoms with van der Waals surface area (Å²) >= 11 is 0. The second kappa shape index (κ2) is 13.5. The lowest BCUT2D eigenvalue weighted by Crippen LogP contribution is -2.52. The first-order valence-electron chi connectivity index (χ1n) is 15.5. The lowest BCUT2D eigenvalue weighted by Gasteiger charge is -2.39. The van der Waals surface area contributed by atoms with Crippen molar-refractivity contribution in [1.82, 2.24) is 20.1 Å². The molecule has 3 atom stereocenters. The molecule has 242 valence electrons. The van der Waals surface area contributed by atoms with Crippen molar-refractivity contribution in [1.29, 1.82) is 0 Å². The number of fused-ring (bicyclic) bond motifs is 3. The lowest BCUT2D eigenvalue weighted by atomic mass is 10.1. The standard InChI is InChI=1S/C34H39FN6O5/c1-22-18-40(19-23(2)46-22)20-34(3,43)21-45-28-11-10-27-29(30(28)44-16-12-24-6-8-26(35)9-7-24)38-33(41-15-14-37-31(27)41)39-32(42)25-5-4-13-36-17-25/h4-11,13,17,22-23,43H,12,14-16,18-21H2,1-3H3,(H,38,39,42). The van der Waals surface area contributed by atoms with Crippen LogP contribution in [0.25, 0.3) is 0 Å². The first kappa shape index (κ1) is 31.6. The maximum absolute atomic E-state index is 13.5. The Balaban J connectivity index is 1.28. The van der Waals surface area contributed by atoms with E-state index in [-0.39, 0.29) is 37.1 Å². The zero-order valence-corrected chi connectivity index (χ0v) is 26.3. The predicted octanol–water partition coefficient (Wildman–Crippen LogP) is 3.57. The third kappa shape index (κ3) is 7.35. The number of β-amino-alcohol motifs (C(OH)–C–C–N with tert-alkyl or cyclic N) is 1. The minimum absolute atomic E-state index is 0.00160. The number of morpholine rings is 1. The molecule has 3 unspecified atom stereocenters. The van der Waals surface area contributed by atoms with Gasteiger partial charge in [-0.2, -0.15) is 0 Å². The van der Waals surface area contributed by atoms with E-state index in [9.17, 15) is 14.3 Å². The highest BCUT2D eigenvalue weighted by Gasteiger charge is 2.35. The second-order valence-electron chi connectivity index (χ2n) is 12.2. The Morgan fingerprint density at radius 2 is 1.91 bits per heavy atom. The van der Waals surface area contributed by atoms with Crippen LogP contribution in [0.3, 0.4) is 0 Å². The van der Waals surface area contributed by atoms with Crippen LogP contribution in [0.1, 0.15) is 42.3 Å². The Hall–Kier alpha value is -4.39. The highest BCUT2D eigenvalue weighted by Crippen LogP contribution is 2.44. The van der Waals surface area contributed by atoms with E-state index in [0.717, 1.165) is 24.2 Å². The van der Waals surface area contributed by atoms with Crippen LogP contribution < -0.4 is 14.8 Å². The van der Waals surface area contributed by atoms with Crippen molar-refractivity contribution in [2.75, 3.05) is 45.9 Å². The van der Waals surface area contributed by atoms with Crippen LogP contribution in [-0.4, -0.2) is 101 Å². The molecule has 0 spiro atoms. The van der Waals surface area contributed by atoms with E-state index < -0.39 is 5.60 Å². The maximum Gasteiger partial charge on any atom is 0.259 e. The van der Waals surface area contributed by atoms with E-state index >= 15 is 0 Å². The number of aromatic nitrogens is 1. The molecule has 0 radical (unpaired) electrons. The number of aliphatic imine (C=N–C) groups is 2. The number of halogens is 1. The zero-order valence-electron chi connectivity index (χ0n) is 26.3. The van der Waals surface area contributed by atoms with Gasteiger partial charge in [0.05, 0.1) is 30.9 Å². The van der Waals surface area contributed by atoms with Crippen LogP contribution >= 0.6 is 0 Å². The molecule has 6 rings (SSSR count). The third-order valence-corrected chi connectivity index (χ3v) is 7.95. The second-order valence-corrected chi connectivity index (χ2v) is 12.2. The van der Waals surface area contributed by atoms with Crippen LogP contribution in [0.5, 0.6) is 11.5 Å². The number of amidine groups is 1. The quantitative estimate of drug-likeness (QED) is 0.349. The van der Waals surface area contributed by atoms with Crippen molar-refractivity contribution in [2.45, 2.75) is 45.0 Å². The number of pyridine rings is 1. The monoisotopic (exact) mass is 630 g/mol. The summed E-state index contributed by atoms with van der Waals surface area (Å²) in [6.45, 7) is 9.00. The van der Waals surface area contributed by atoms with E-state index in [2.05, 4.69) is 15.2 Å². The molecule has 2 N–H and O–H groups in total. The van der Waals surface area contributed by atoms with E-state index in [0.29, 0.717) is 60.6 Å². The molecule has 3 aromatic rings. The molecule has 1 aromatic heterocycles. The number of benzene rings is 2. The molecule has 1 amide bonds. The van der Waals surface area contributed by atoms with Gasteiger partial charge in [0, 0.05) is 50.6 Å². The van der Waals surface area contributed by atoms with Crippen LogP contribution in [0.4, 0.5) is 10.1 Å². The van der Waals surface area contributed by atoms with Crippen LogP contribution in [0, 0.1) is 5.82 Å². The smallest absolute Gasteiger partial charge is 0.259 e. The summed E-state index contributed by atoms with van der Waals surface area (Å²) in [6.07, 6.45) is 3.76. The van der Waals surface area contributed by atoms with Crippen LogP contribution in [0.2, 0.25) is 0 Å². The van der Waals surface area contributed by atoms with Gasteiger partial charge >= 0.3 is 0 Å². The van der Waals surface area contributed by atoms with Gasteiger partial charge in [-0.25, -0.2) is 9.38 Å². The number of aliphatic hydroxyl groups is 1. The average Bonchev–Trinajstić information content (AvgIpc) is 3.52. The number of hydrogen-bond donors (Lipinski definition) is 2. The SMILES string of the molecule is CC1CN(CC(C)(O)COc2ccc3c(c2OCCc2ccc(F)cc2)N=C(NC(=O)c2cccnc2)N2CCN=C32)CC(C)O1. The predicted molar refractivity (Wildman–Crippen MR) is 172 cm³/mol. The molecular formula is C34H39FN6O5. The fourth-order valence-electron chi connectivity index (χ4n) is 6.01. The lowest BCUT2D eigenvalue weighted by molar-refractivity contribution is -0.0952. The number of carbonyl (C=O) groups is 1. The Morgan fingerprint density at radius 3 is 2.65 bits per heavy atom. The van der Waals surface area contributed by atoms with E-state index in [1.807, 2.05) is 24.8 Å². The molecule has 46 heavy (non-hydrogen) atoms. The summed E-state index contributed by atoms with van der Waals surface area (Å²) in [4.78, 5) is 30.8. The number of amides is 1. The highest BCUT2D eigenvalue weighted by molar-refractivity contribution is 6.20. The van der Waals surface area contributed by atoms with Crippen molar-refractivity contribution in [3.63, 3.8) is 0 Å². The molecule has 11 nitrogen and oxygen atoms in total. The molecule has 0 bridgehead atoms. The van der Waals surface area contributed by atoms with Crippen molar-refractivity contribution in [3.05, 3.63) is 83.4 Å². The van der Waals surface area contributed by atoms with Gasteiger partial charge in [0.15, 0.2) is 11.5 Å². The number of rotatable bonds is 10. The fourth-order valence-corrected chi connectivity index (χ4v) is 6.01. The average molecular weight is 631 g/mol. The molecule has 12 heteroatoms. The van der Waals surface area contributed by atoms with Crippen LogP contribution in [-0.2, 0) is 11.2 Å². The van der Waals surface area contributed by atoms with E-state index in [4.69, 9.17) is 24.2 Å². The van der Waals surface area contributed by atoms with Gasteiger partial charge in [-0.1, -0.05) is 12.1 Å². The molecule has 1 saturated heterocycles. The van der Waals surface area contributed by atoms with Gasteiger partial charge in [0.2, 0.25) is 5.96 Å². The molecule has 1 fully saturated rings. The number of nitrogens with one attached hydrogen (secondary N) is 1. The normalized spacial score (nSPS) is 20.6. The van der Waals surface area contributed by atoms with Crippen molar-refractivity contribution in [3.8, 4) is 11.5 Å². The van der Waals surface area contributed by atoms with Gasteiger partial charge in [-0.15, -0.1) is 0 Å². The van der Waals surface area contributed by atoms with Crippen molar-refractivity contribution in [2.24, 2.45) is 9.98 Å². The number of ether oxygens (including phenoxy) is 3. The van der Waals surface area contributed by atoms with Gasteiger partial charge in [-0.05, 0) is 62.7 Å². The molecular weight excluding hydrogens is 591 g/mol. The fraction of sp³-hybridized carbons (Fsp3) is 0.412. The molecule has 3 aliphatic heterocycles. The summed E-state index contributed by atoms with van der Waals surface area (Å²) < 4.78 is 32.0. The maximum atomic E-state index is 13.5. The number of guanidine groups is 1. The zero-order chi connectivity index (χ0) is 32.3. The molecule has 2 aromatic carbocycles. The first-order valence-corrected chi connectivity index (χ1v) is 15.5. The van der Waals surface area contributed by atoms with Crippen molar-refractivity contribution >= 4 is 23.4 Å². The minimum Gasteiger partial charge on any atom is -0.487 e. The minimum atomic E-state index is -1.17. The summed E-state index contributed by atoms with van der Waals surface area (Å²) in [5, 5.41) is 14.3. The third-order valence-electron chi connectivity index (χ3n) is 7.95. The summed E-state index contributed by atoms with van der Waals surface area (Å²) in [5.74, 6) is 1.10.